The molecule has 0 bridgehead atoms. The highest BCUT2D eigenvalue weighted by atomic mass is 16.2. The van der Waals surface area contributed by atoms with Gasteiger partial charge >= 0.3 is 0 Å². The van der Waals surface area contributed by atoms with Crippen molar-refractivity contribution in [2.24, 2.45) is 5.41 Å². The second kappa shape index (κ2) is 5.15. The maximum Gasteiger partial charge on any atom is 0.0617 e. The fraction of sp³-hybridized carbons (Fsp3) is 0.636. The topological polar surface area (TPSA) is 20.2 Å². The van der Waals surface area contributed by atoms with Crippen LogP contribution in [0.4, 0.5) is 0 Å². The van der Waals surface area contributed by atoms with E-state index in [9.17, 15) is 0 Å². The highest BCUT2D eigenvalue weighted by Gasteiger charge is 2.05. The Hall–Kier alpha value is -0.560. The van der Waals surface area contributed by atoms with Gasteiger partial charge in [0.1, 0.15) is 0 Å². The van der Waals surface area contributed by atoms with Gasteiger partial charge in [0, 0.05) is 0 Å². The van der Waals surface area contributed by atoms with E-state index in [1.165, 1.54) is 0 Å². The SMILES string of the molecule is CC(/C=C/CC(C)(C)C)=C\CO. The molecule has 0 unspecified atom stereocenters. The minimum atomic E-state index is 0.131. The molecule has 12 heavy (non-hydrogen) atoms. The summed E-state index contributed by atoms with van der Waals surface area (Å²) in [6, 6.07) is 0. The van der Waals surface area contributed by atoms with Gasteiger partial charge in [0.15, 0.2) is 0 Å². The number of hydrogen-bond acceptors (Lipinski definition) is 1. The molecule has 0 fully saturated rings. The van der Waals surface area contributed by atoms with Crippen LogP contribution < -0.4 is 0 Å². The number of aliphatic hydroxyl groups excluding tert-OH is 1. The van der Waals surface area contributed by atoms with E-state index >= 15 is 0 Å². The summed E-state index contributed by atoms with van der Waals surface area (Å²) in [5.74, 6) is 0. The molecule has 0 aromatic rings. The van der Waals surface area contributed by atoms with Gasteiger partial charge in [0.25, 0.3) is 0 Å². The molecular weight excluding hydrogens is 148 g/mol. The highest BCUT2D eigenvalue weighted by molar-refractivity contribution is 5.15. The molecule has 0 rings (SSSR count). The molecule has 0 aromatic heterocycles. The van der Waals surface area contributed by atoms with Gasteiger partial charge in [-0.25, -0.2) is 0 Å². The zero-order chi connectivity index (χ0) is 9.61. The molecule has 0 aliphatic rings. The van der Waals surface area contributed by atoms with E-state index in [1.54, 1.807) is 6.08 Å². The molecule has 0 spiro atoms. The zero-order valence-electron chi connectivity index (χ0n) is 8.59. The van der Waals surface area contributed by atoms with E-state index in [4.69, 9.17) is 5.11 Å². The third kappa shape index (κ3) is 7.55. The van der Waals surface area contributed by atoms with Crippen molar-refractivity contribution in [1.29, 1.82) is 0 Å². The molecule has 1 heteroatoms. The summed E-state index contributed by atoms with van der Waals surface area (Å²) in [6.07, 6.45) is 7.09. The summed E-state index contributed by atoms with van der Waals surface area (Å²) in [7, 11) is 0. The Morgan fingerprint density at radius 3 is 2.33 bits per heavy atom. The van der Waals surface area contributed by atoms with Crippen molar-refractivity contribution in [1.82, 2.24) is 0 Å². The standard InChI is InChI=1S/C11H20O/c1-10(7-9-12)6-5-8-11(2,3)4/h5-7,12H,8-9H2,1-4H3/b6-5+,10-7+. The summed E-state index contributed by atoms with van der Waals surface area (Å²) in [5, 5.41) is 8.59. The van der Waals surface area contributed by atoms with Crippen molar-refractivity contribution in [3.8, 4) is 0 Å². The molecule has 0 aromatic carbocycles. The van der Waals surface area contributed by atoms with Crippen LogP contribution in [0.3, 0.4) is 0 Å². The summed E-state index contributed by atoms with van der Waals surface area (Å²) in [6.45, 7) is 8.76. The lowest BCUT2D eigenvalue weighted by molar-refractivity contribution is 0.342. The first kappa shape index (κ1) is 11.4. The molecule has 0 aliphatic heterocycles. The van der Waals surface area contributed by atoms with Gasteiger partial charge < -0.3 is 5.11 Å². The fourth-order valence-corrected chi connectivity index (χ4v) is 0.810. The van der Waals surface area contributed by atoms with Crippen LogP contribution in [0.15, 0.2) is 23.8 Å². The molecule has 0 saturated heterocycles. The van der Waals surface area contributed by atoms with Gasteiger partial charge in [-0.3, -0.25) is 0 Å². The second-order valence-corrected chi connectivity index (χ2v) is 4.30. The van der Waals surface area contributed by atoms with Crippen molar-refractivity contribution in [2.75, 3.05) is 6.61 Å². The first-order valence-electron chi connectivity index (χ1n) is 4.40. The summed E-state index contributed by atoms with van der Waals surface area (Å²) < 4.78 is 0. The van der Waals surface area contributed by atoms with E-state index in [0.29, 0.717) is 5.41 Å². The van der Waals surface area contributed by atoms with Crippen LogP contribution in [0, 0.1) is 5.41 Å². The van der Waals surface area contributed by atoms with Crippen LogP contribution in [-0.4, -0.2) is 11.7 Å². The zero-order valence-corrected chi connectivity index (χ0v) is 8.59. The Balaban J connectivity index is 3.85. The van der Waals surface area contributed by atoms with Crippen molar-refractivity contribution >= 4 is 0 Å². The normalized spacial score (nSPS) is 14.2. The number of aliphatic hydroxyl groups is 1. The monoisotopic (exact) mass is 168 g/mol. The third-order valence-corrected chi connectivity index (χ3v) is 1.52. The summed E-state index contributed by atoms with van der Waals surface area (Å²) in [5.41, 5.74) is 1.48. The largest absolute Gasteiger partial charge is 0.392 e. The first-order valence-corrected chi connectivity index (χ1v) is 4.40. The summed E-state index contributed by atoms with van der Waals surface area (Å²) in [4.78, 5) is 0. The quantitative estimate of drug-likeness (QED) is 0.642. The first-order chi connectivity index (χ1) is 5.45. The predicted octanol–water partition coefficient (Wildman–Crippen LogP) is 2.92. The number of hydrogen-bond donors (Lipinski definition) is 1. The Bertz CT molecular complexity index is 170. The Morgan fingerprint density at radius 2 is 1.92 bits per heavy atom. The minimum absolute atomic E-state index is 0.131. The van der Waals surface area contributed by atoms with E-state index in [1.807, 2.05) is 6.92 Å². The molecule has 1 nitrogen and oxygen atoms in total. The number of allylic oxidation sites excluding steroid dienone is 3. The molecular formula is C11H20O. The Labute approximate surface area is 75.8 Å². The van der Waals surface area contributed by atoms with E-state index < -0.39 is 0 Å². The van der Waals surface area contributed by atoms with Crippen LogP contribution in [0.1, 0.15) is 34.1 Å². The molecule has 0 radical (unpaired) electrons. The number of rotatable bonds is 3. The van der Waals surface area contributed by atoms with Crippen LogP contribution >= 0.6 is 0 Å². The van der Waals surface area contributed by atoms with Crippen molar-refractivity contribution in [3.05, 3.63) is 23.8 Å². The maximum atomic E-state index is 8.59. The van der Waals surface area contributed by atoms with E-state index in [0.717, 1.165) is 12.0 Å². The lowest BCUT2D eigenvalue weighted by Crippen LogP contribution is -2.01. The van der Waals surface area contributed by atoms with Gasteiger partial charge in [-0.15, -0.1) is 0 Å². The van der Waals surface area contributed by atoms with Crippen molar-refractivity contribution in [3.63, 3.8) is 0 Å². The van der Waals surface area contributed by atoms with Gasteiger partial charge in [0.2, 0.25) is 0 Å². The van der Waals surface area contributed by atoms with Crippen LogP contribution in [0.25, 0.3) is 0 Å². The molecule has 70 valence electrons. The maximum absolute atomic E-state index is 8.59. The van der Waals surface area contributed by atoms with Crippen molar-refractivity contribution < 1.29 is 5.11 Å². The van der Waals surface area contributed by atoms with Gasteiger partial charge in [0.05, 0.1) is 6.61 Å². The lowest BCUT2D eigenvalue weighted by atomic mass is 9.92. The van der Waals surface area contributed by atoms with Crippen LogP contribution in [0.2, 0.25) is 0 Å². The molecule has 0 amide bonds. The molecule has 0 heterocycles. The summed E-state index contributed by atoms with van der Waals surface area (Å²) >= 11 is 0. The van der Waals surface area contributed by atoms with Gasteiger partial charge in [-0.2, -0.15) is 0 Å². The molecule has 0 saturated carbocycles. The van der Waals surface area contributed by atoms with Crippen LogP contribution in [0.5, 0.6) is 0 Å². The van der Waals surface area contributed by atoms with Crippen LogP contribution in [-0.2, 0) is 0 Å². The highest BCUT2D eigenvalue weighted by Crippen LogP contribution is 2.18. The Morgan fingerprint density at radius 1 is 1.33 bits per heavy atom. The van der Waals surface area contributed by atoms with Gasteiger partial charge in [-0.1, -0.05) is 44.6 Å². The van der Waals surface area contributed by atoms with Crippen molar-refractivity contribution in [2.45, 2.75) is 34.1 Å². The minimum Gasteiger partial charge on any atom is -0.392 e. The molecule has 0 atom stereocenters. The van der Waals surface area contributed by atoms with E-state index in [-0.39, 0.29) is 6.61 Å². The smallest absolute Gasteiger partial charge is 0.0617 e. The Kier molecular flexibility index (Phi) is 4.91. The predicted molar refractivity (Wildman–Crippen MR) is 54.1 cm³/mol. The third-order valence-electron chi connectivity index (χ3n) is 1.52. The van der Waals surface area contributed by atoms with E-state index in [2.05, 4.69) is 32.9 Å². The average molecular weight is 168 g/mol. The second-order valence-electron chi connectivity index (χ2n) is 4.30. The fourth-order valence-electron chi connectivity index (χ4n) is 0.810. The van der Waals surface area contributed by atoms with Gasteiger partial charge in [-0.05, 0) is 18.8 Å². The molecule has 1 N–H and O–H groups in total. The average Bonchev–Trinajstić information content (AvgIpc) is 1.84. The lowest BCUT2D eigenvalue weighted by Gasteiger charge is -2.14. The molecule has 0 aliphatic carbocycles.